The fourth-order valence-corrected chi connectivity index (χ4v) is 1.19. The fourth-order valence-electron chi connectivity index (χ4n) is 1.19. The maximum Gasteiger partial charge on any atom is 0.322 e. The second-order valence-corrected chi connectivity index (χ2v) is 3.30. The third kappa shape index (κ3) is 3.96. The Bertz CT molecular complexity index is 410. The van der Waals surface area contributed by atoms with Crippen molar-refractivity contribution in [2.45, 2.75) is 6.92 Å². The Hall–Kier alpha value is -2.10. The van der Waals surface area contributed by atoms with Crippen LogP contribution in [0.2, 0.25) is 0 Å². The van der Waals surface area contributed by atoms with Crippen molar-refractivity contribution in [2.24, 2.45) is 0 Å². The first kappa shape index (κ1) is 12.0. The van der Waals surface area contributed by atoms with Crippen LogP contribution in [-0.2, 0) is 9.59 Å². The zero-order valence-corrected chi connectivity index (χ0v) is 8.93. The van der Waals surface area contributed by atoms with Crippen LogP contribution in [0.25, 0.3) is 5.57 Å². The zero-order chi connectivity index (χ0) is 12.0. The lowest BCUT2D eigenvalue weighted by Gasteiger charge is -2.01. The van der Waals surface area contributed by atoms with Gasteiger partial charge in [0.25, 0.3) is 0 Å². The van der Waals surface area contributed by atoms with E-state index in [4.69, 9.17) is 5.11 Å². The molecule has 0 heterocycles. The largest absolute Gasteiger partial charge is 0.480 e. The van der Waals surface area contributed by atoms with Crippen molar-refractivity contribution in [2.75, 3.05) is 6.54 Å². The number of carboxylic acids is 1. The molecule has 1 aromatic rings. The molecule has 4 nitrogen and oxygen atoms in total. The predicted octanol–water partition coefficient (Wildman–Crippen LogP) is 1.29. The van der Waals surface area contributed by atoms with E-state index in [1.807, 2.05) is 30.3 Å². The highest BCUT2D eigenvalue weighted by atomic mass is 16.4. The highest BCUT2D eigenvalue weighted by Gasteiger charge is 2.02. The summed E-state index contributed by atoms with van der Waals surface area (Å²) in [6.45, 7) is 1.44. The summed E-state index contributed by atoms with van der Waals surface area (Å²) in [7, 11) is 0. The quantitative estimate of drug-likeness (QED) is 0.750. The average molecular weight is 219 g/mol. The van der Waals surface area contributed by atoms with Gasteiger partial charge in [0.05, 0.1) is 0 Å². The van der Waals surface area contributed by atoms with Crippen molar-refractivity contribution in [1.82, 2.24) is 5.32 Å². The van der Waals surface area contributed by atoms with Gasteiger partial charge < -0.3 is 10.4 Å². The fraction of sp³-hybridized carbons (Fsp3) is 0.167. The molecule has 0 spiro atoms. The van der Waals surface area contributed by atoms with Gasteiger partial charge in [-0.1, -0.05) is 30.3 Å². The van der Waals surface area contributed by atoms with Gasteiger partial charge in [0.1, 0.15) is 6.54 Å². The number of amides is 1. The number of hydrogen-bond acceptors (Lipinski definition) is 2. The highest BCUT2D eigenvalue weighted by molar-refractivity contribution is 5.96. The minimum absolute atomic E-state index is 0.364. The van der Waals surface area contributed by atoms with E-state index in [1.54, 1.807) is 6.92 Å². The summed E-state index contributed by atoms with van der Waals surface area (Å²) in [5.74, 6) is -1.46. The van der Waals surface area contributed by atoms with Gasteiger partial charge in [0.15, 0.2) is 0 Å². The summed E-state index contributed by atoms with van der Waals surface area (Å²) in [5.41, 5.74) is 1.73. The number of nitrogens with one attached hydrogen (secondary N) is 1. The minimum atomic E-state index is -1.06. The molecule has 0 fully saturated rings. The Morgan fingerprint density at radius 1 is 1.31 bits per heavy atom. The van der Waals surface area contributed by atoms with Gasteiger partial charge in [-0.25, -0.2) is 0 Å². The van der Waals surface area contributed by atoms with Crippen LogP contribution in [-0.4, -0.2) is 23.5 Å². The number of rotatable bonds is 4. The number of aliphatic carboxylic acids is 1. The molecule has 2 N–H and O–H groups in total. The third-order valence-electron chi connectivity index (χ3n) is 1.99. The monoisotopic (exact) mass is 219 g/mol. The van der Waals surface area contributed by atoms with Crippen molar-refractivity contribution >= 4 is 17.4 Å². The van der Waals surface area contributed by atoms with Crippen molar-refractivity contribution in [3.05, 3.63) is 42.0 Å². The second kappa shape index (κ2) is 5.70. The van der Waals surface area contributed by atoms with E-state index < -0.39 is 11.9 Å². The summed E-state index contributed by atoms with van der Waals surface area (Å²) in [6, 6.07) is 9.41. The molecular formula is C12H13NO3. The van der Waals surface area contributed by atoms with E-state index in [1.165, 1.54) is 6.08 Å². The van der Waals surface area contributed by atoms with Crippen molar-refractivity contribution in [3.63, 3.8) is 0 Å². The van der Waals surface area contributed by atoms with E-state index in [0.717, 1.165) is 11.1 Å². The van der Waals surface area contributed by atoms with E-state index in [0.29, 0.717) is 0 Å². The van der Waals surface area contributed by atoms with E-state index in [-0.39, 0.29) is 6.54 Å². The van der Waals surface area contributed by atoms with E-state index in [9.17, 15) is 9.59 Å². The average Bonchev–Trinajstić information content (AvgIpc) is 2.27. The Balaban J connectivity index is 2.63. The molecule has 0 saturated heterocycles. The number of carbonyl (C=O) groups excluding carboxylic acids is 1. The molecule has 1 rings (SSSR count). The van der Waals surface area contributed by atoms with Crippen LogP contribution < -0.4 is 5.32 Å². The van der Waals surface area contributed by atoms with Crippen LogP contribution >= 0.6 is 0 Å². The number of hydrogen-bond donors (Lipinski definition) is 2. The molecule has 0 aliphatic carbocycles. The summed E-state index contributed by atoms with van der Waals surface area (Å²) in [6.07, 6.45) is 1.39. The van der Waals surface area contributed by atoms with Gasteiger partial charge in [0, 0.05) is 6.08 Å². The van der Waals surface area contributed by atoms with Gasteiger partial charge in [-0.05, 0) is 18.1 Å². The van der Waals surface area contributed by atoms with Crippen molar-refractivity contribution in [3.8, 4) is 0 Å². The molecule has 0 bridgehead atoms. The van der Waals surface area contributed by atoms with Crippen LogP contribution in [0.1, 0.15) is 12.5 Å². The molecule has 0 unspecified atom stereocenters. The standard InChI is InChI=1S/C12H13NO3/c1-9(10-5-3-2-4-6-10)7-11(14)13-8-12(15)16/h2-7H,8H2,1H3,(H,13,14)(H,15,16)/b9-7-. The Morgan fingerprint density at radius 3 is 2.50 bits per heavy atom. The van der Waals surface area contributed by atoms with Gasteiger partial charge in [-0.15, -0.1) is 0 Å². The van der Waals surface area contributed by atoms with E-state index >= 15 is 0 Å². The smallest absolute Gasteiger partial charge is 0.322 e. The van der Waals surface area contributed by atoms with Crippen LogP contribution in [0.5, 0.6) is 0 Å². The molecule has 0 radical (unpaired) electrons. The molecule has 0 aliphatic heterocycles. The van der Waals surface area contributed by atoms with Crippen LogP contribution in [0, 0.1) is 0 Å². The number of carboxylic acid groups (broad SMARTS) is 1. The summed E-state index contributed by atoms with van der Waals surface area (Å²) < 4.78 is 0. The maximum absolute atomic E-state index is 11.3. The van der Waals surface area contributed by atoms with Gasteiger partial charge in [0.2, 0.25) is 5.91 Å². The molecular weight excluding hydrogens is 206 g/mol. The first-order chi connectivity index (χ1) is 7.59. The second-order valence-electron chi connectivity index (χ2n) is 3.30. The third-order valence-corrected chi connectivity index (χ3v) is 1.99. The number of benzene rings is 1. The molecule has 16 heavy (non-hydrogen) atoms. The van der Waals surface area contributed by atoms with Crippen molar-refractivity contribution in [1.29, 1.82) is 0 Å². The lowest BCUT2D eigenvalue weighted by Crippen LogP contribution is -2.27. The normalized spacial score (nSPS) is 10.9. The lowest BCUT2D eigenvalue weighted by atomic mass is 10.1. The Kier molecular flexibility index (Phi) is 4.27. The van der Waals surface area contributed by atoms with Crippen LogP contribution in [0.4, 0.5) is 0 Å². The molecule has 0 saturated carbocycles. The SMILES string of the molecule is C/C(=C/C(=O)NCC(=O)O)c1ccccc1. The van der Waals surface area contributed by atoms with Gasteiger partial charge >= 0.3 is 5.97 Å². The lowest BCUT2D eigenvalue weighted by molar-refractivity contribution is -0.137. The van der Waals surface area contributed by atoms with Crippen LogP contribution in [0.3, 0.4) is 0 Å². The first-order valence-corrected chi connectivity index (χ1v) is 4.83. The maximum atomic E-state index is 11.3. The number of allylic oxidation sites excluding steroid dienone is 1. The van der Waals surface area contributed by atoms with E-state index in [2.05, 4.69) is 5.32 Å². The first-order valence-electron chi connectivity index (χ1n) is 4.83. The summed E-state index contributed by atoms with van der Waals surface area (Å²) in [5, 5.41) is 10.6. The molecule has 1 amide bonds. The molecule has 0 atom stereocenters. The number of carbonyl (C=O) groups is 2. The van der Waals surface area contributed by atoms with Gasteiger partial charge in [-0.3, -0.25) is 9.59 Å². The molecule has 84 valence electrons. The molecule has 0 aromatic heterocycles. The Morgan fingerprint density at radius 2 is 1.94 bits per heavy atom. The summed E-state index contributed by atoms with van der Waals surface area (Å²) >= 11 is 0. The van der Waals surface area contributed by atoms with Crippen molar-refractivity contribution < 1.29 is 14.7 Å². The molecule has 4 heteroatoms. The topological polar surface area (TPSA) is 66.4 Å². The Labute approximate surface area is 93.6 Å². The highest BCUT2D eigenvalue weighted by Crippen LogP contribution is 2.11. The molecule has 1 aromatic carbocycles. The minimum Gasteiger partial charge on any atom is -0.480 e. The van der Waals surface area contributed by atoms with Gasteiger partial charge in [-0.2, -0.15) is 0 Å². The predicted molar refractivity (Wildman–Crippen MR) is 60.7 cm³/mol. The zero-order valence-electron chi connectivity index (χ0n) is 8.93. The van der Waals surface area contributed by atoms with Crippen LogP contribution in [0.15, 0.2) is 36.4 Å². The summed E-state index contributed by atoms with van der Waals surface area (Å²) in [4.78, 5) is 21.5. The molecule has 0 aliphatic rings.